The van der Waals surface area contributed by atoms with Crippen molar-refractivity contribution in [1.29, 1.82) is 0 Å². The summed E-state index contributed by atoms with van der Waals surface area (Å²) in [7, 11) is 0. The lowest BCUT2D eigenvalue weighted by molar-refractivity contribution is -0.119. The first-order valence-electron chi connectivity index (χ1n) is 8.65. The quantitative estimate of drug-likeness (QED) is 0.581. The number of amides is 1. The number of carbonyl (C=O) groups excluding carboxylic acids is 1. The van der Waals surface area contributed by atoms with E-state index in [2.05, 4.69) is 33.0 Å². The number of phenols is 1. The molecule has 0 aliphatic carbocycles. The minimum atomic E-state index is -0.0548. The lowest BCUT2D eigenvalue weighted by atomic mass is 10.1. The number of aromatic nitrogens is 4. The maximum absolute atomic E-state index is 12.2. The predicted molar refractivity (Wildman–Crippen MR) is 104 cm³/mol. The average molecular weight is 383 g/mol. The lowest BCUT2D eigenvalue weighted by Gasteiger charge is -2.13. The number of phenolic OH excluding ortho intramolecular Hbond substituents is 1. The molecule has 3 aromatic rings. The van der Waals surface area contributed by atoms with Crippen LogP contribution in [0.3, 0.4) is 0 Å². The van der Waals surface area contributed by atoms with Gasteiger partial charge in [0.05, 0.1) is 11.4 Å². The van der Waals surface area contributed by atoms with Crippen molar-refractivity contribution in [3.8, 4) is 11.4 Å². The molecule has 0 spiro atoms. The minimum Gasteiger partial charge on any atom is -0.508 e. The molecule has 27 heavy (non-hydrogen) atoms. The molecule has 0 unspecified atom stereocenters. The standard InChI is InChI=1S/C19H21N5O2S/c1-14(7-8-15-5-3-2-4-6-15)20-18(26)13-27-19-21-22-23-24(19)16-9-11-17(25)12-10-16/h2-6,9-12,14,25H,7-8,13H2,1H3,(H,20,26)/t14-/m0/s1. The summed E-state index contributed by atoms with van der Waals surface area (Å²) in [5.41, 5.74) is 1.98. The Kier molecular flexibility index (Phi) is 6.43. The van der Waals surface area contributed by atoms with Gasteiger partial charge in [0.25, 0.3) is 0 Å². The molecule has 8 heteroatoms. The Morgan fingerprint density at radius 1 is 1.19 bits per heavy atom. The Hall–Kier alpha value is -2.87. The molecule has 0 saturated heterocycles. The van der Waals surface area contributed by atoms with E-state index in [0.717, 1.165) is 18.5 Å². The molecule has 7 nitrogen and oxygen atoms in total. The summed E-state index contributed by atoms with van der Waals surface area (Å²) in [4.78, 5) is 12.2. The molecule has 0 bridgehead atoms. The van der Waals surface area contributed by atoms with Crippen LogP contribution in [0.4, 0.5) is 0 Å². The third-order valence-electron chi connectivity index (χ3n) is 3.98. The number of tetrazole rings is 1. The van der Waals surface area contributed by atoms with Crippen molar-refractivity contribution in [2.45, 2.75) is 31.0 Å². The number of carbonyl (C=O) groups is 1. The smallest absolute Gasteiger partial charge is 0.230 e. The number of hydrogen-bond acceptors (Lipinski definition) is 6. The highest BCUT2D eigenvalue weighted by molar-refractivity contribution is 7.99. The second-order valence-corrected chi connectivity index (χ2v) is 7.11. The number of hydrogen-bond donors (Lipinski definition) is 2. The summed E-state index contributed by atoms with van der Waals surface area (Å²) >= 11 is 1.27. The summed E-state index contributed by atoms with van der Waals surface area (Å²) in [6.45, 7) is 2.01. The number of thioether (sulfide) groups is 1. The molecule has 1 heterocycles. The van der Waals surface area contributed by atoms with Gasteiger partial charge in [0.2, 0.25) is 11.1 Å². The van der Waals surface area contributed by atoms with Gasteiger partial charge in [-0.2, -0.15) is 4.68 Å². The van der Waals surface area contributed by atoms with Crippen molar-refractivity contribution >= 4 is 17.7 Å². The molecule has 1 aromatic heterocycles. The van der Waals surface area contributed by atoms with Gasteiger partial charge >= 0.3 is 0 Å². The highest BCUT2D eigenvalue weighted by Crippen LogP contribution is 2.19. The Balaban J connectivity index is 1.48. The molecule has 0 radical (unpaired) electrons. The van der Waals surface area contributed by atoms with Crippen LogP contribution in [-0.2, 0) is 11.2 Å². The number of benzene rings is 2. The van der Waals surface area contributed by atoms with Crippen LogP contribution in [0.2, 0.25) is 0 Å². The number of aryl methyl sites for hydroxylation is 1. The first kappa shape index (κ1) is 18.9. The fourth-order valence-corrected chi connectivity index (χ4v) is 3.27. The van der Waals surface area contributed by atoms with Crippen LogP contribution < -0.4 is 5.32 Å². The van der Waals surface area contributed by atoms with Crippen molar-refractivity contribution < 1.29 is 9.90 Å². The third kappa shape index (κ3) is 5.55. The van der Waals surface area contributed by atoms with E-state index in [9.17, 15) is 9.90 Å². The maximum Gasteiger partial charge on any atom is 0.230 e. The molecule has 3 rings (SSSR count). The van der Waals surface area contributed by atoms with Gasteiger partial charge in [-0.25, -0.2) is 0 Å². The summed E-state index contributed by atoms with van der Waals surface area (Å²) in [6.07, 6.45) is 1.81. The van der Waals surface area contributed by atoms with Gasteiger partial charge in [-0.05, 0) is 60.0 Å². The third-order valence-corrected chi connectivity index (χ3v) is 4.90. The van der Waals surface area contributed by atoms with E-state index in [1.165, 1.54) is 22.0 Å². The highest BCUT2D eigenvalue weighted by atomic mass is 32.2. The molecular weight excluding hydrogens is 362 g/mol. The van der Waals surface area contributed by atoms with Crippen LogP contribution in [0.5, 0.6) is 5.75 Å². The number of aromatic hydroxyl groups is 1. The SMILES string of the molecule is C[C@@H](CCc1ccccc1)NC(=O)CSc1nnnn1-c1ccc(O)cc1. The van der Waals surface area contributed by atoms with Crippen molar-refractivity contribution in [3.63, 3.8) is 0 Å². The Bertz CT molecular complexity index is 867. The first-order valence-corrected chi connectivity index (χ1v) is 9.64. The van der Waals surface area contributed by atoms with E-state index >= 15 is 0 Å². The number of nitrogens with one attached hydrogen (secondary N) is 1. The Morgan fingerprint density at radius 3 is 2.67 bits per heavy atom. The molecular formula is C19H21N5O2S. The van der Waals surface area contributed by atoms with Crippen LogP contribution in [0.1, 0.15) is 18.9 Å². The topological polar surface area (TPSA) is 92.9 Å². The molecule has 2 aromatic carbocycles. The Labute approximate surface area is 161 Å². The summed E-state index contributed by atoms with van der Waals surface area (Å²) in [5.74, 6) is 0.347. The van der Waals surface area contributed by atoms with Crippen LogP contribution >= 0.6 is 11.8 Å². The van der Waals surface area contributed by atoms with Gasteiger partial charge in [-0.1, -0.05) is 42.1 Å². The highest BCUT2D eigenvalue weighted by Gasteiger charge is 2.13. The summed E-state index contributed by atoms with van der Waals surface area (Å²) < 4.78 is 1.54. The van der Waals surface area contributed by atoms with Crippen molar-refractivity contribution in [2.75, 3.05) is 5.75 Å². The second-order valence-electron chi connectivity index (χ2n) is 6.17. The van der Waals surface area contributed by atoms with Gasteiger partial charge in [-0.3, -0.25) is 4.79 Å². The molecule has 140 valence electrons. The lowest BCUT2D eigenvalue weighted by Crippen LogP contribution is -2.34. The normalized spacial score (nSPS) is 11.9. The van der Waals surface area contributed by atoms with E-state index in [1.807, 2.05) is 25.1 Å². The first-order chi connectivity index (χ1) is 13.1. The molecule has 1 atom stereocenters. The van der Waals surface area contributed by atoms with Crippen molar-refractivity contribution in [2.24, 2.45) is 0 Å². The predicted octanol–water partition coefficient (Wildman–Crippen LogP) is 2.60. The van der Waals surface area contributed by atoms with Gasteiger partial charge < -0.3 is 10.4 Å². The minimum absolute atomic E-state index is 0.0548. The van der Waals surface area contributed by atoms with Gasteiger partial charge in [0.15, 0.2) is 0 Å². The summed E-state index contributed by atoms with van der Waals surface area (Å²) in [6, 6.07) is 16.9. The molecule has 1 amide bonds. The van der Waals surface area contributed by atoms with Crippen molar-refractivity contribution in [1.82, 2.24) is 25.5 Å². The van der Waals surface area contributed by atoms with Crippen LogP contribution in [0.15, 0.2) is 59.8 Å². The molecule has 0 saturated carbocycles. The molecule has 0 fully saturated rings. The second kappa shape index (κ2) is 9.18. The number of rotatable bonds is 8. The fraction of sp³-hybridized carbons (Fsp3) is 0.263. The molecule has 2 N–H and O–H groups in total. The van der Waals surface area contributed by atoms with E-state index in [-0.39, 0.29) is 23.5 Å². The van der Waals surface area contributed by atoms with E-state index in [1.54, 1.807) is 24.3 Å². The van der Waals surface area contributed by atoms with Gasteiger partial charge in [0, 0.05) is 6.04 Å². The average Bonchev–Trinajstić information content (AvgIpc) is 3.15. The van der Waals surface area contributed by atoms with Crippen LogP contribution in [0, 0.1) is 0 Å². The zero-order chi connectivity index (χ0) is 19.1. The fourth-order valence-electron chi connectivity index (χ4n) is 2.57. The molecule has 0 aliphatic rings. The monoisotopic (exact) mass is 383 g/mol. The maximum atomic E-state index is 12.2. The van der Waals surface area contributed by atoms with E-state index in [4.69, 9.17) is 0 Å². The van der Waals surface area contributed by atoms with Crippen molar-refractivity contribution in [3.05, 3.63) is 60.2 Å². The van der Waals surface area contributed by atoms with Gasteiger partial charge in [-0.15, -0.1) is 5.10 Å². The summed E-state index contributed by atoms with van der Waals surface area (Å²) in [5, 5.41) is 24.5. The van der Waals surface area contributed by atoms with Gasteiger partial charge in [0.1, 0.15) is 5.75 Å². The van der Waals surface area contributed by atoms with E-state index < -0.39 is 0 Å². The van der Waals surface area contributed by atoms with E-state index in [0.29, 0.717) is 5.16 Å². The zero-order valence-electron chi connectivity index (χ0n) is 14.9. The zero-order valence-corrected chi connectivity index (χ0v) is 15.8. The van der Waals surface area contributed by atoms with Crippen LogP contribution in [-0.4, -0.2) is 43.0 Å². The number of nitrogens with zero attached hydrogens (tertiary/aromatic N) is 4. The Morgan fingerprint density at radius 2 is 1.93 bits per heavy atom. The van der Waals surface area contributed by atoms with Crippen LogP contribution in [0.25, 0.3) is 5.69 Å². The molecule has 0 aliphatic heterocycles. The largest absolute Gasteiger partial charge is 0.508 e.